The number of ether oxygens (including phenoxy) is 2. The van der Waals surface area contributed by atoms with Gasteiger partial charge in [-0.1, -0.05) is 0 Å². The molecule has 0 radical (unpaired) electrons. The van der Waals surface area contributed by atoms with Crippen molar-refractivity contribution in [1.82, 2.24) is 9.21 Å². The van der Waals surface area contributed by atoms with Crippen LogP contribution in [0.25, 0.3) is 0 Å². The summed E-state index contributed by atoms with van der Waals surface area (Å²) in [5.41, 5.74) is 0.0642. The fourth-order valence-corrected chi connectivity index (χ4v) is 3.50. The average molecular weight is 372 g/mol. The highest BCUT2D eigenvalue weighted by Gasteiger charge is 2.34. The number of rotatable bonds is 5. The Labute approximate surface area is 145 Å². The predicted octanol–water partition coefficient (Wildman–Crippen LogP) is -0.129. The van der Waals surface area contributed by atoms with Crippen LogP contribution in [0, 0.1) is 0 Å². The molecule has 0 spiro atoms. The van der Waals surface area contributed by atoms with E-state index in [9.17, 15) is 23.1 Å². The number of amides is 1. The zero-order chi connectivity index (χ0) is 18.8. The van der Waals surface area contributed by atoms with Gasteiger partial charge in [0.15, 0.2) is 6.04 Å². The second-order valence-corrected chi connectivity index (χ2v) is 7.70. The molecule has 0 aromatic heterocycles. The molecule has 2 rings (SSSR count). The second-order valence-electron chi connectivity index (χ2n) is 5.58. The Bertz CT molecular complexity index is 776. The van der Waals surface area contributed by atoms with Gasteiger partial charge in [0.05, 0.1) is 20.3 Å². The lowest BCUT2D eigenvalue weighted by Crippen LogP contribution is -2.52. The molecule has 9 nitrogen and oxygen atoms in total. The minimum Gasteiger partial charge on any atom is -0.495 e. The fourth-order valence-electron chi connectivity index (χ4n) is 2.43. The summed E-state index contributed by atoms with van der Waals surface area (Å²) in [5, 5.41) is 9.25. The molecule has 1 amide bonds. The van der Waals surface area contributed by atoms with E-state index < -0.39 is 27.9 Å². The number of sulfonamides is 1. The van der Waals surface area contributed by atoms with Crippen molar-refractivity contribution < 1.29 is 32.6 Å². The number of carboxylic acids is 1. The Morgan fingerprint density at radius 1 is 1.36 bits per heavy atom. The number of carboxylic acid groups (broad SMARTS) is 1. The molecule has 1 fully saturated rings. The van der Waals surface area contributed by atoms with Gasteiger partial charge in [-0.2, -0.15) is 0 Å². The summed E-state index contributed by atoms with van der Waals surface area (Å²) < 4.78 is 36.1. The molecule has 1 saturated heterocycles. The second kappa shape index (κ2) is 7.38. The van der Waals surface area contributed by atoms with Gasteiger partial charge in [-0.3, -0.25) is 4.79 Å². The number of nitrogens with zero attached hydrogens (tertiary/aromatic N) is 2. The molecule has 1 unspecified atom stereocenters. The fraction of sp³-hybridized carbons (Fsp3) is 0.467. The van der Waals surface area contributed by atoms with Gasteiger partial charge >= 0.3 is 5.97 Å². The van der Waals surface area contributed by atoms with E-state index in [0.717, 1.165) is 4.31 Å². The van der Waals surface area contributed by atoms with E-state index in [-0.39, 0.29) is 36.0 Å². The topological polar surface area (TPSA) is 113 Å². The Kier molecular flexibility index (Phi) is 5.65. The van der Waals surface area contributed by atoms with Gasteiger partial charge in [0.25, 0.3) is 5.91 Å². The molecular weight excluding hydrogens is 352 g/mol. The van der Waals surface area contributed by atoms with Gasteiger partial charge in [0.2, 0.25) is 10.0 Å². The summed E-state index contributed by atoms with van der Waals surface area (Å²) in [4.78, 5) is 25.0. The number of benzene rings is 1. The van der Waals surface area contributed by atoms with Crippen LogP contribution in [0.1, 0.15) is 10.4 Å². The Hall–Kier alpha value is -2.17. The lowest BCUT2D eigenvalue weighted by molar-refractivity contribution is -0.147. The zero-order valence-corrected chi connectivity index (χ0v) is 14.9. The van der Waals surface area contributed by atoms with Crippen molar-refractivity contribution in [3.63, 3.8) is 0 Å². The van der Waals surface area contributed by atoms with Crippen molar-refractivity contribution in [2.75, 3.05) is 41.0 Å². The molecule has 1 aliphatic heterocycles. The monoisotopic (exact) mass is 372 g/mol. The van der Waals surface area contributed by atoms with Crippen molar-refractivity contribution in [2.24, 2.45) is 0 Å². The first kappa shape index (κ1) is 19.2. The number of hydrogen-bond acceptors (Lipinski definition) is 6. The third-order valence-corrected chi connectivity index (χ3v) is 5.68. The summed E-state index contributed by atoms with van der Waals surface area (Å²) in [6, 6.07) is 2.87. The maximum absolute atomic E-state index is 12.7. The number of carbonyl (C=O) groups excluding carboxylic acids is 1. The molecule has 10 heteroatoms. The summed E-state index contributed by atoms with van der Waals surface area (Å²) in [5.74, 6) is -1.65. The molecule has 1 N–H and O–H groups in total. The van der Waals surface area contributed by atoms with Gasteiger partial charge in [-0.15, -0.1) is 0 Å². The highest BCUT2D eigenvalue weighted by atomic mass is 32.2. The quantitative estimate of drug-likeness (QED) is 0.766. The van der Waals surface area contributed by atoms with Crippen LogP contribution in [0.15, 0.2) is 23.1 Å². The largest absolute Gasteiger partial charge is 0.495 e. The minimum atomic E-state index is -3.84. The molecule has 0 saturated carbocycles. The third-order valence-electron chi connectivity index (χ3n) is 3.84. The van der Waals surface area contributed by atoms with Crippen LogP contribution in [0.2, 0.25) is 0 Å². The van der Waals surface area contributed by atoms with Crippen LogP contribution in [0.5, 0.6) is 5.75 Å². The molecule has 1 heterocycles. The van der Waals surface area contributed by atoms with Crippen molar-refractivity contribution in [2.45, 2.75) is 10.9 Å². The molecule has 1 atom stereocenters. The van der Waals surface area contributed by atoms with Crippen LogP contribution in [0.4, 0.5) is 0 Å². The normalized spacial score (nSPS) is 18.2. The van der Waals surface area contributed by atoms with E-state index in [1.165, 1.54) is 44.3 Å². The molecular formula is C15H20N2O7S. The Morgan fingerprint density at radius 2 is 2.04 bits per heavy atom. The zero-order valence-electron chi connectivity index (χ0n) is 14.1. The van der Waals surface area contributed by atoms with Crippen molar-refractivity contribution in [1.29, 1.82) is 0 Å². The van der Waals surface area contributed by atoms with Crippen molar-refractivity contribution in [3.8, 4) is 5.75 Å². The first-order valence-electron chi connectivity index (χ1n) is 7.42. The van der Waals surface area contributed by atoms with E-state index in [1.807, 2.05) is 0 Å². The van der Waals surface area contributed by atoms with Crippen molar-refractivity contribution >= 4 is 21.9 Å². The van der Waals surface area contributed by atoms with Crippen LogP contribution >= 0.6 is 0 Å². The predicted molar refractivity (Wildman–Crippen MR) is 87.1 cm³/mol. The molecule has 138 valence electrons. The maximum atomic E-state index is 12.7. The van der Waals surface area contributed by atoms with Gasteiger partial charge in [-0.25, -0.2) is 17.5 Å². The number of carbonyl (C=O) groups is 2. The smallest absolute Gasteiger partial charge is 0.328 e. The number of methoxy groups -OCH3 is 1. The summed E-state index contributed by atoms with van der Waals surface area (Å²) >= 11 is 0. The van der Waals surface area contributed by atoms with Crippen LogP contribution in [-0.4, -0.2) is 81.6 Å². The summed E-state index contributed by atoms with van der Waals surface area (Å²) in [6.07, 6.45) is 0. The highest BCUT2D eigenvalue weighted by molar-refractivity contribution is 7.89. The van der Waals surface area contributed by atoms with E-state index in [4.69, 9.17) is 9.47 Å². The SMILES string of the molecule is COc1ccc(C(=O)N2CCOCC2C(=O)O)cc1S(=O)(=O)N(C)C. The number of aliphatic carboxylic acids is 1. The number of hydrogen-bond donors (Lipinski definition) is 1. The van der Waals surface area contributed by atoms with E-state index in [0.29, 0.717) is 0 Å². The lowest BCUT2D eigenvalue weighted by atomic mass is 10.1. The molecule has 0 bridgehead atoms. The van der Waals surface area contributed by atoms with Gasteiger partial charge < -0.3 is 19.5 Å². The first-order valence-corrected chi connectivity index (χ1v) is 8.86. The van der Waals surface area contributed by atoms with E-state index in [1.54, 1.807) is 0 Å². The number of morpholine rings is 1. The minimum absolute atomic E-state index is 0.0642. The first-order chi connectivity index (χ1) is 11.7. The Morgan fingerprint density at radius 3 is 2.60 bits per heavy atom. The Balaban J connectivity index is 2.46. The maximum Gasteiger partial charge on any atom is 0.328 e. The third kappa shape index (κ3) is 3.75. The molecule has 1 aromatic rings. The standard InChI is InChI=1S/C15H20N2O7S/c1-16(2)25(21,22)13-8-10(4-5-12(13)23-3)14(18)17-6-7-24-9-11(17)15(19)20/h4-5,8,11H,6-7,9H2,1-3H3,(H,19,20). The summed E-state index contributed by atoms with van der Waals surface area (Å²) in [7, 11) is 0.221. The van der Waals surface area contributed by atoms with Crippen LogP contribution in [-0.2, 0) is 19.6 Å². The van der Waals surface area contributed by atoms with E-state index in [2.05, 4.69) is 0 Å². The molecule has 1 aliphatic rings. The van der Waals surface area contributed by atoms with Crippen LogP contribution < -0.4 is 4.74 Å². The van der Waals surface area contributed by atoms with Gasteiger partial charge in [0, 0.05) is 26.2 Å². The molecule has 25 heavy (non-hydrogen) atoms. The van der Waals surface area contributed by atoms with Crippen molar-refractivity contribution in [3.05, 3.63) is 23.8 Å². The molecule has 0 aliphatic carbocycles. The highest BCUT2D eigenvalue weighted by Crippen LogP contribution is 2.28. The van der Waals surface area contributed by atoms with Crippen LogP contribution in [0.3, 0.4) is 0 Å². The lowest BCUT2D eigenvalue weighted by Gasteiger charge is -2.33. The van der Waals surface area contributed by atoms with Gasteiger partial charge in [-0.05, 0) is 18.2 Å². The summed E-state index contributed by atoms with van der Waals surface area (Å²) in [6.45, 7) is 0.214. The van der Waals surface area contributed by atoms with Gasteiger partial charge in [0.1, 0.15) is 10.6 Å². The molecule has 1 aromatic carbocycles. The average Bonchev–Trinajstić information content (AvgIpc) is 2.60. The van der Waals surface area contributed by atoms with E-state index >= 15 is 0 Å².